The number of nitrogens with one attached hydrogen (secondary N) is 2. The molecule has 0 aliphatic heterocycles. The van der Waals surface area contributed by atoms with Gasteiger partial charge in [0, 0.05) is 34.7 Å². The summed E-state index contributed by atoms with van der Waals surface area (Å²) >= 11 is 1.04. The lowest BCUT2D eigenvalue weighted by Crippen LogP contribution is -2.38. The quantitative estimate of drug-likeness (QED) is 0.351. The summed E-state index contributed by atoms with van der Waals surface area (Å²) in [4.78, 5) is 28.4. The number of rotatable bonds is 9. The van der Waals surface area contributed by atoms with Crippen LogP contribution in [0.25, 0.3) is 10.9 Å². The van der Waals surface area contributed by atoms with Crippen LogP contribution < -0.4 is 20.7 Å². The highest BCUT2D eigenvalue weighted by Crippen LogP contribution is 2.21. The standard InChI is InChI=1S/C24H25N5O3S/c1-15-12-17(20-4-2-3-5-21(20)26-15)14-32-19-8-6-16(7-9-19)23(30)27-18(10-11-25)13-22-28-29-24(31)33-22/h2-9,12,18H,10-11,13-14,25H2,1H3,(H,27,30)(H,29,31). The van der Waals surface area contributed by atoms with Crippen molar-refractivity contribution in [3.8, 4) is 5.75 Å². The maximum atomic E-state index is 12.7. The van der Waals surface area contributed by atoms with Gasteiger partial charge in [0.2, 0.25) is 0 Å². The van der Waals surface area contributed by atoms with Gasteiger partial charge in [-0.15, -0.1) is 0 Å². The molecule has 2 aromatic heterocycles. The second-order valence-corrected chi connectivity index (χ2v) is 8.76. The zero-order valence-electron chi connectivity index (χ0n) is 18.2. The van der Waals surface area contributed by atoms with E-state index in [-0.39, 0.29) is 16.8 Å². The third kappa shape index (κ3) is 5.82. The number of benzene rings is 2. The summed E-state index contributed by atoms with van der Waals surface area (Å²) < 4.78 is 5.97. The number of pyridine rings is 1. The minimum atomic E-state index is -0.215. The Balaban J connectivity index is 1.39. The van der Waals surface area contributed by atoms with Crippen LogP contribution in [0.3, 0.4) is 0 Å². The van der Waals surface area contributed by atoms with E-state index in [1.54, 1.807) is 24.3 Å². The number of carbonyl (C=O) groups excluding carboxylic acids is 1. The predicted molar refractivity (Wildman–Crippen MR) is 129 cm³/mol. The van der Waals surface area contributed by atoms with E-state index < -0.39 is 0 Å². The number of aromatic amines is 1. The molecule has 1 amide bonds. The first-order chi connectivity index (χ1) is 16.0. The second-order valence-electron chi connectivity index (χ2n) is 7.71. The maximum absolute atomic E-state index is 12.7. The first-order valence-corrected chi connectivity index (χ1v) is 11.5. The highest BCUT2D eigenvalue weighted by molar-refractivity contribution is 7.08. The van der Waals surface area contributed by atoms with Crippen molar-refractivity contribution in [2.75, 3.05) is 6.54 Å². The number of aromatic nitrogens is 3. The van der Waals surface area contributed by atoms with E-state index in [1.165, 1.54) is 0 Å². The van der Waals surface area contributed by atoms with Gasteiger partial charge in [-0.1, -0.05) is 29.5 Å². The fraction of sp³-hybridized carbons (Fsp3) is 0.250. The van der Waals surface area contributed by atoms with Gasteiger partial charge >= 0.3 is 4.87 Å². The Labute approximate surface area is 194 Å². The number of hydrogen-bond acceptors (Lipinski definition) is 7. The number of hydrogen-bond donors (Lipinski definition) is 3. The summed E-state index contributed by atoms with van der Waals surface area (Å²) in [5, 5.41) is 11.0. The van der Waals surface area contributed by atoms with Gasteiger partial charge in [-0.3, -0.25) is 14.6 Å². The molecule has 0 bridgehead atoms. The van der Waals surface area contributed by atoms with Crippen LogP contribution >= 0.6 is 11.3 Å². The minimum Gasteiger partial charge on any atom is -0.489 e. The molecule has 4 N–H and O–H groups in total. The number of nitrogens with zero attached hydrogens (tertiary/aromatic N) is 2. The number of carbonyl (C=O) groups is 1. The fourth-order valence-corrected chi connectivity index (χ4v) is 4.31. The minimum absolute atomic E-state index is 0.208. The van der Waals surface area contributed by atoms with Gasteiger partial charge in [-0.05, 0) is 56.3 Å². The summed E-state index contributed by atoms with van der Waals surface area (Å²) in [5.74, 6) is 0.462. The molecule has 0 aliphatic rings. The van der Waals surface area contributed by atoms with E-state index in [9.17, 15) is 9.59 Å². The van der Waals surface area contributed by atoms with Crippen LogP contribution in [0.1, 0.15) is 33.0 Å². The van der Waals surface area contributed by atoms with E-state index in [0.717, 1.165) is 33.5 Å². The molecule has 0 spiro atoms. The van der Waals surface area contributed by atoms with E-state index in [0.29, 0.717) is 42.3 Å². The number of ether oxygens (including phenoxy) is 1. The summed E-state index contributed by atoms with van der Waals surface area (Å²) in [6.45, 7) is 2.79. The SMILES string of the molecule is Cc1cc(COc2ccc(C(=O)NC(CCN)Cc3n[nH]c(=O)s3)cc2)c2ccccc2n1. The van der Waals surface area contributed by atoms with Gasteiger partial charge in [0.15, 0.2) is 0 Å². The molecule has 4 aromatic rings. The highest BCUT2D eigenvalue weighted by Gasteiger charge is 2.16. The summed E-state index contributed by atoms with van der Waals surface area (Å²) in [6.07, 6.45) is 1.03. The molecule has 0 fully saturated rings. The molecule has 0 saturated carbocycles. The molecule has 9 heteroatoms. The topological polar surface area (TPSA) is 123 Å². The van der Waals surface area contributed by atoms with Crippen LogP contribution in [0, 0.1) is 6.92 Å². The van der Waals surface area contributed by atoms with E-state index in [2.05, 4.69) is 20.5 Å². The van der Waals surface area contributed by atoms with Crippen LogP contribution in [-0.2, 0) is 13.0 Å². The molecule has 0 radical (unpaired) electrons. The van der Waals surface area contributed by atoms with Gasteiger partial charge in [-0.25, -0.2) is 5.10 Å². The Kier molecular flexibility index (Phi) is 7.11. The van der Waals surface area contributed by atoms with Crippen molar-refractivity contribution < 1.29 is 9.53 Å². The maximum Gasteiger partial charge on any atom is 0.322 e. The average Bonchev–Trinajstić information content (AvgIpc) is 3.22. The van der Waals surface area contributed by atoms with E-state index in [4.69, 9.17) is 10.5 Å². The van der Waals surface area contributed by atoms with Crippen LogP contribution in [0.5, 0.6) is 5.75 Å². The Bertz CT molecular complexity index is 1300. The largest absolute Gasteiger partial charge is 0.489 e. The molecule has 33 heavy (non-hydrogen) atoms. The lowest BCUT2D eigenvalue weighted by Gasteiger charge is -2.17. The smallest absolute Gasteiger partial charge is 0.322 e. The molecular formula is C24H25N5O3S. The van der Waals surface area contributed by atoms with Gasteiger partial charge in [0.1, 0.15) is 17.4 Å². The zero-order chi connectivity index (χ0) is 23.2. The Hall–Kier alpha value is -3.56. The van der Waals surface area contributed by atoms with Gasteiger partial charge in [-0.2, -0.15) is 5.10 Å². The van der Waals surface area contributed by atoms with Crippen molar-refractivity contribution in [1.29, 1.82) is 0 Å². The molecule has 4 rings (SSSR count). The van der Waals surface area contributed by atoms with Crippen molar-refractivity contribution >= 4 is 28.1 Å². The Morgan fingerprint density at radius 3 is 2.73 bits per heavy atom. The molecule has 0 aliphatic carbocycles. The molecule has 0 saturated heterocycles. The molecule has 2 aromatic carbocycles. The van der Waals surface area contributed by atoms with Crippen molar-refractivity contribution in [2.45, 2.75) is 32.4 Å². The third-order valence-corrected chi connectivity index (χ3v) is 5.96. The van der Waals surface area contributed by atoms with E-state index >= 15 is 0 Å². The van der Waals surface area contributed by atoms with Crippen molar-refractivity contribution in [2.24, 2.45) is 5.73 Å². The van der Waals surface area contributed by atoms with Crippen LogP contribution in [0.4, 0.5) is 0 Å². The number of nitrogens with two attached hydrogens (primary N) is 1. The van der Waals surface area contributed by atoms with Crippen molar-refractivity contribution in [3.05, 3.63) is 86.1 Å². The van der Waals surface area contributed by atoms with Gasteiger partial charge < -0.3 is 15.8 Å². The first-order valence-electron chi connectivity index (χ1n) is 10.7. The third-order valence-electron chi connectivity index (χ3n) is 5.19. The zero-order valence-corrected chi connectivity index (χ0v) is 19.0. The first kappa shape index (κ1) is 22.6. The number of amides is 1. The van der Waals surface area contributed by atoms with Gasteiger partial charge in [0.25, 0.3) is 5.91 Å². The van der Waals surface area contributed by atoms with Crippen LogP contribution in [0.15, 0.2) is 59.4 Å². The lowest BCUT2D eigenvalue weighted by atomic mass is 10.1. The van der Waals surface area contributed by atoms with Crippen LogP contribution in [-0.4, -0.2) is 33.7 Å². The summed E-state index contributed by atoms with van der Waals surface area (Å²) in [6, 6.07) is 16.8. The highest BCUT2D eigenvalue weighted by atomic mass is 32.1. The second kappa shape index (κ2) is 10.4. The van der Waals surface area contributed by atoms with Crippen molar-refractivity contribution in [1.82, 2.24) is 20.5 Å². The van der Waals surface area contributed by atoms with E-state index in [1.807, 2.05) is 37.3 Å². The lowest BCUT2D eigenvalue weighted by molar-refractivity contribution is 0.0935. The Morgan fingerprint density at radius 1 is 1.21 bits per heavy atom. The monoisotopic (exact) mass is 463 g/mol. The van der Waals surface area contributed by atoms with Crippen molar-refractivity contribution in [3.63, 3.8) is 0 Å². The molecule has 170 valence electrons. The fourth-order valence-electron chi connectivity index (χ4n) is 3.63. The van der Waals surface area contributed by atoms with Crippen LogP contribution in [0.2, 0.25) is 0 Å². The predicted octanol–water partition coefficient (Wildman–Crippen LogP) is 2.96. The number of para-hydroxylation sites is 1. The summed E-state index contributed by atoms with van der Waals surface area (Å²) in [7, 11) is 0. The molecule has 8 nitrogen and oxygen atoms in total. The normalized spacial score (nSPS) is 11.9. The molecule has 2 heterocycles. The number of aryl methyl sites for hydroxylation is 1. The van der Waals surface area contributed by atoms with Gasteiger partial charge in [0.05, 0.1) is 5.52 Å². The molecule has 1 atom stereocenters. The number of H-pyrrole nitrogens is 1. The molecule has 1 unspecified atom stereocenters. The number of fused-ring (bicyclic) bond motifs is 1. The summed E-state index contributed by atoms with van der Waals surface area (Å²) in [5.41, 5.74) is 9.15. The Morgan fingerprint density at radius 2 is 2.00 bits per heavy atom. The molecular weight excluding hydrogens is 438 g/mol. The average molecular weight is 464 g/mol.